The summed E-state index contributed by atoms with van der Waals surface area (Å²) in [4.78, 5) is 20.4. The summed E-state index contributed by atoms with van der Waals surface area (Å²) >= 11 is 1.31. The number of carbonyl (C=O) groups is 1. The van der Waals surface area contributed by atoms with Crippen LogP contribution in [0.1, 0.15) is 16.6 Å². The van der Waals surface area contributed by atoms with Gasteiger partial charge in [-0.15, -0.1) is 0 Å². The predicted octanol–water partition coefficient (Wildman–Crippen LogP) is 0.404. The van der Waals surface area contributed by atoms with Crippen molar-refractivity contribution in [2.24, 2.45) is 0 Å². The van der Waals surface area contributed by atoms with Crippen molar-refractivity contribution in [3.8, 4) is 0 Å². The van der Waals surface area contributed by atoms with E-state index in [1.807, 2.05) is 0 Å². The summed E-state index contributed by atoms with van der Waals surface area (Å²) in [7, 11) is 0. The van der Waals surface area contributed by atoms with Crippen LogP contribution in [0, 0.1) is 0 Å². The van der Waals surface area contributed by atoms with E-state index in [9.17, 15) is 4.79 Å². The molecule has 1 saturated heterocycles. The average Bonchev–Trinajstić information content (AvgIpc) is 2.87. The van der Waals surface area contributed by atoms with Crippen molar-refractivity contribution in [1.29, 1.82) is 0 Å². The molecule has 17 heavy (non-hydrogen) atoms. The summed E-state index contributed by atoms with van der Waals surface area (Å²) in [5.41, 5.74) is 1.62. The molecule has 0 radical (unpaired) electrons. The third-order valence-electron chi connectivity index (χ3n) is 2.91. The highest BCUT2D eigenvalue weighted by molar-refractivity contribution is 7.17. The molecule has 94 valence electrons. The molecular formula is C10H16N4O2S. The molecule has 0 unspecified atom stereocenters. The first-order valence-electron chi connectivity index (χ1n) is 5.62. The van der Waals surface area contributed by atoms with E-state index in [4.69, 9.17) is 5.21 Å². The Morgan fingerprint density at radius 2 is 2.24 bits per heavy atom. The number of amides is 1. The van der Waals surface area contributed by atoms with Crippen LogP contribution in [0.4, 0.5) is 5.13 Å². The molecule has 1 fully saturated rings. The number of nitrogens with zero attached hydrogens (tertiary/aromatic N) is 3. The number of rotatable bonds is 3. The Balaban J connectivity index is 1.99. The second-order valence-corrected chi connectivity index (χ2v) is 4.88. The van der Waals surface area contributed by atoms with Crippen molar-refractivity contribution in [3.63, 3.8) is 0 Å². The lowest BCUT2D eigenvalue weighted by Gasteiger charge is -2.33. The van der Waals surface area contributed by atoms with E-state index >= 15 is 0 Å². The number of piperazine rings is 1. The maximum atomic E-state index is 11.2. The number of hydrogen-bond acceptors (Lipinski definition) is 6. The van der Waals surface area contributed by atoms with E-state index < -0.39 is 5.91 Å². The maximum Gasteiger partial charge on any atom is 0.286 e. The Kier molecular flexibility index (Phi) is 3.93. The van der Waals surface area contributed by atoms with Crippen LogP contribution in [0.3, 0.4) is 0 Å². The maximum absolute atomic E-state index is 11.2. The van der Waals surface area contributed by atoms with Crippen molar-refractivity contribution in [2.75, 3.05) is 37.6 Å². The van der Waals surface area contributed by atoms with E-state index in [-0.39, 0.29) is 0 Å². The molecule has 0 atom stereocenters. The van der Waals surface area contributed by atoms with Crippen molar-refractivity contribution in [2.45, 2.75) is 6.92 Å². The third-order valence-corrected chi connectivity index (χ3v) is 3.97. The van der Waals surface area contributed by atoms with Crippen molar-refractivity contribution >= 4 is 22.4 Å². The number of likely N-dealkylation sites (N-methyl/N-ethyl adjacent to an activating group) is 1. The van der Waals surface area contributed by atoms with Crippen molar-refractivity contribution in [1.82, 2.24) is 15.4 Å². The minimum Gasteiger partial charge on any atom is -0.346 e. The molecule has 1 aromatic heterocycles. The van der Waals surface area contributed by atoms with Gasteiger partial charge in [0.2, 0.25) is 0 Å². The standard InChI is InChI=1S/C10H16N4O2S/c1-2-13-3-5-14(6-4-13)10-11-7-8(17-10)9(15)12-16/h7,16H,2-6H2,1H3,(H,12,15). The Morgan fingerprint density at radius 1 is 1.53 bits per heavy atom. The molecule has 6 nitrogen and oxygen atoms in total. The molecule has 7 heteroatoms. The number of nitrogens with one attached hydrogen (secondary N) is 1. The zero-order valence-corrected chi connectivity index (χ0v) is 10.5. The summed E-state index contributed by atoms with van der Waals surface area (Å²) in [5, 5.41) is 9.38. The topological polar surface area (TPSA) is 68.7 Å². The molecule has 2 rings (SSSR count). The van der Waals surface area contributed by atoms with Gasteiger partial charge in [-0.1, -0.05) is 18.3 Å². The van der Waals surface area contributed by atoms with Crippen LogP contribution in [0.15, 0.2) is 6.20 Å². The molecular weight excluding hydrogens is 240 g/mol. The molecule has 0 aliphatic carbocycles. The van der Waals surface area contributed by atoms with Gasteiger partial charge in [-0.05, 0) is 6.54 Å². The third kappa shape index (κ3) is 2.74. The summed E-state index contributed by atoms with van der Waals surface area (Å²) < 4.78 is 0. The van der Waals surface area contributed by atoms with Crippen molar-refractivity contribution in [3.05, 3.63) is 11.1 Å². The first kappa shape index (κ1) is 12.3. The van der Waals surface area contributed by atoms with Crippen LogP contribution in [0.2, 0.25) is 0 Å². The average molecular weight is 256 g/mol. The largest absolute Gasteiger partial charge is 0.346 e. The number of carbonyl (C=O) groups excluding carboxylic acids is 1. The molecule has 2 heterocycles. The number of hydrogen-bond donors (Lipinski definition) is 2. The molecule has 0 saturated carbocycles. The van der Waals surface area contributed by atoms with Gasteiger partial charge in [0.15, 0.2) is 5.13 Å². The Bertz CT molecular complexity index is 387. The number of aromatic nitrogens is 1. The first-order chi connectivity index (χ1) is 8.24. The summed E-state index contributed by atoms with van der Waals surface area (Å²) in [6, 6.07) is 0. The molecule has 1 amide bonds. The van der Waals surface area contributed by atoms with Crippen LogP contribution in [0.25, 0.3) is 0 Å². The lowest BCUT2D eigenvalue weighted by molar-refractivity contribution is 0.0710. The number of hydroxylamine groups is 1. The summed E-state index contributed by atoms with van der Waals surface area (Å²) in [6.45, 7) is 7.14. The fraction of sp³-hybridized carbons (Fsp3) is 0.600. The van der Waals surface area contributed by atoms with E-state index in [1.165, 1.54) is 17.5 Å². The van der Waals surface area contributed by atoms with Gasteiger partial charge in [0.1, 0.15) is 4.88 Å². The number of thiazole rings is 1. The highest BCUT2D eigenvalue weighted by Crippen LogP contribution is 2.23. The van der Waals surface area contributed by atoms with Crippen LogP contribution in [0.5, 0.6) is 0 Å². The minimum absolute atomic E-state index is 0.431. The van der Waals surface area contributed by atoms with Gasteiger partial charge in [0.05, 0.1) is 6.20 Å². The molecule has 0 bridgehead atoms. The molecule has 0 aromatic carbocycles. The Morgan fingerprint density at radius 3 is 2.82 bits per heavy atom. The van der Waals surface area contributed by atoms with Crippen molar-refractivity contribution < 1.29 is 10.0 Å². The Hall–Kier alpha value is -1.18. The van der Waals surface area contributed by atoms with E-state index in [1.54, 1.807) is 5.48 Å². The summed E-state index contributed by atoms with van der Waals surface area (Å²) in [5.74, 6) is -0.499. The van der Waals surface area contributed by atoms with Gasteiger partial charge >= 0.3 is 0 Å². The molecule has 1 aliphatic heterocycles. The van der Waals surface area contributed by atoms with E-state index in [2.05, 4.69) is 21.7 Å². The molecule has 1 aliphatic rings. The quantitative estimate of drug-likeness (QED) is 0.605. The number of anilines is 1. The smallest absolute Gasteiger partial charge is 0.286 e. The highest BCUT2D eigenvalue weighted by atomic mass is 32.1. The molecule has 2 N–H and O–H groups in total. The van der Waals surface area contributed by atoms with Crippen LogP contribution >= 0.6 is 11.3 Å². The normalized spacial score (nSPS) is 17.2. The van der Waals surface area contributed by atoms with Gasteiger partial charge in [-0.2, -0.15) is 0 Å². The summed E-state index contributed by atoms with van der Waals surface area (Å²) in [6.07, 6.45) is 1.50. The SMILES string of the molecule is CCN1CCN(c2ncc(C(=O)NO)s2)CC1. The van der Waals surface area contributed by atoms with Crippen LogP contribution in [-0.2, 0) is 0 Å². The predicted molar refractivity (Wildman–Crippen MR) is 65.7 cm³/mol. The zero-order valence-electron chi connectivity index (χ0n) is 9.72. The zero-order chi connectivity index (χ0) is 12.3. The van der Waals surface area contributed by atoms with Gasteiger partial charge in [-0.3, -0.25) is 10.0 Å². The van der Waals surface area contributed by atoms with E-state index in [0.717, 1.165) is 37.9 Å². The fourth-order valence-electron chi connectivity index (χ4n) is 1.83. The van der Waals surface area contributed by atoms with Gasteiger partial charge in [0, 0.05) is 26.2 Å². The molecule has 1 aromatic rings. The van der Waals surface area contributed by atoms with Gasteiger partial charge in [0.25, 0.3) is 5.91 Å². The fourth-order valence-corrected chi connectivity index (χ4v) is 2.68. The second-order valence-electron chi connectivity index (χ2n) is 3.87. The van der Waals surface area contributed by atoms with Gasteiger partial charge in [-0.25, -0.2) is 10.5 Å². The van der Waals surface area contributed by atoms with E-state index in [0.29, 0.717) is 4.88 Å². The molecule has 0 spiro atoms. The minimum atomic E-state index is -0.499. The lowest BCUT2D eigenvalue weighted by Crippen LogP contribution is -2.46. The van der Waals surface area contributed by atoms with Crippen LogP contribution in [-0.4, -0.2) is 53.7 Å². The monoisotopic (exact) mass is 256 g/mol. The van der Waals surface area contributed by atoms with Gasteiger partial charge < -0.3 is 9.80 Å². The highest BCUT2D eigenvalue weighted by Gasteiger charge is 2.19. The first-order valence-corrected chi connectivity index (χ1v) is 6.43. The second kappa shape index (κ2) is 5.44. The lowest BCUT2D eigenvalue weighted by atomic mass is 10.3. The van der Waals surface area contributed by atoms with Crippen LogP contribution < -0.4 is 10.4 Å². The Labute approximate surface area is 104 Å².